The quantitative estimate of drug-likeness (QED) is 0.883. The highest BCUT2D eigenvalue weighted by Crippen LogP contribution is 2.21. The number of anilines is 1. The second-order valence-corrected chi connectivity index (χ2v) is 5.16. The number of aromatic amines is 1. The number of amides is 2. The molecule has 0 aliphatic carbocycles. The summed E-state index contributed by atoms with van der Waals surface area (Å²) in [5.74, 6) is -0.318. The minimum Gasteiger partial charge on any atom is -0.347 e. The fourth-order valence-electron chi connectivity index (χ4n) is 2.48. The minimum absolute atomic E-state index is 0.0158. The van der Waals surface area contributed by atoms with E-state index in [4.69, 9.17) is 0 Å². The Hall–Kier alpha value is -2.89. The zero-order valence-corrected chi connectivity index (χ0v) is 11.8. The van der Waals surface area contributed by atoms with Crippen LogP contribution in [0.25, 0.3) is 0 Å². The van der Waals surface area contributed by atoms with Crippen LogP contribution in [0.3, 0.4) is 0 Å². The van der Waals surface area contributed by atoms with Crippen LogP contribution in [-0.4, -0.2) is 29.4 Å². The van der Waals surface area contributed by atoms with Gasteiger partial charge in [0.2, 0.25) is 11.5 Å². The molecule has 2 aromatic rings. The molecular formula is C16H15N3O3. The van der Waals surface area contributed by atoms with E-state index in [2.05, 4.69) is 10.3 Å². The molecule has 3 rings (SSSR count). The summed E-state index contributed by atoms with van der Waals surface area (Å²) in [5, 5.41) is 2.82. The molecule has 22 heavy (non-hydrogen) atoms. The molecule has 1 aromatic carbocycles. The first kappa shape index (κ1) is 14.1. The maximum atomic E-state index is 12.1. The molecule has 0 radical (unpaired) electrons. The maximum absolute atomic E-state index is 12.1. The third-order valence-corrected chi connectivity index (χ3v) is 3.57. The van der Waals surface area contributed by atoms with Crippen LogP contribution >= 0.6 is 0 Å². The van der Waals surface area contributed by atoms with E-state index >= 15 is 0 Å². The second kappa shape index (κ2) is 5.85. The fraction of sp³-hybridized carbons (Fsp3) is 0.188. The van der Waals surface area contributed by atoms with Gasteiger partial charge in [-0.3, -0.25) is 14.4 Å². The van der Waals surface area contributed by atoms with Gasteiger partial charge in [-0.1, -0.05) is 18.2 Å². The molecule has 1 aliphatic rings. The van der Waals surface area contributed by atoms with E-state index in [1.165, 1.54) is 18.3 Å². The largest absolute Gasteiger partial charge is 0.347 e. The molecule has 0 bridgehead atoms. The van der Waals surface area contributed by atoms with Gasteiger partial charge in [-0.25, -0.2) is 0 Å². The Bertz CT molecular complexity index is 734. The molecule has 2 N–H and O–H groups in total. The predicted molar refractivity (Wildman–Crippen MR) is 81.7 cm³/mol. The first-order valence-electron chi connectivity index (χ1n) is 6.98. The molecule has 2 amide bonds. The van der Waals surface area contributed by atoms with E-state index in [0.29, 0.717) is 12.1 Å². The third kappa shape index (κ3) is 2.90. The summed E-state index contributed by atoms with van der Waals surface area (Å²) < 4.78 is 0. The number of para-hydroxylation sites is 1. The van der Waals surface area contributed by atoms with Crippen molar-refractivity contribution in [2.45, 2.75) is 12.5 Å². The Labute approximate surface area is 126 Å². The second-order valence-electron chi connectivity index (χ2n) is 5.16. The Kier molecular flexibility index (Phi) is 3.74. The summed E-state index contributed by atoms with van der Waals surface area (Å²) in [6.07, 6.45) is 1.63. The van der Waals surface area contributed by atoms with E-state index in [1.807, 2.05) is 30.3 Å². The Morgan fingerprint density at radius 1 is 1.14 bits per heavy atom. The van der Waals surface area contributed by atoms with Crippen LogP contribution < -0.4 is 15.8 Å². The van der Waals surface area contributed by atoms with E-state index in [-0.39, 0.29) is 29.8 Å². The van der Waals surface area contributed by atoms with Crippen molar-refractivity contribution < 1.29 is 9.59 Å². The smallest absolute Gasteiger partial charge is 0.253 e. The van der Waals surface area contributed by atoms with Gasteiger partial charge in [-0.15, -0.1) is 0 Å². The van der Waals surface area contributed by atoms with Crippen molar-refractivity contribution in [1.29, 1.82) is 0 Å². The molecule has 0 saturated carbocycles. The number of H-pyrrole nitrogens is 1. The number of carbonyl (C=O) groups excluding carboxylic acids is 2. The summed E-state index contributed by atoms with van der Waals surface area (Å²) in [6.45, 7) is 0.442. The van der Waals surface area contributed by atoms with Crippen molar-refractivity contribution in [2.75, 3.05) is 11.4 Å². The highest BCUT2D eigenvalue weighted by Gasteiger charge is 2.31. The number of hydrogen-bond acceptors (Lipinski definition) is 3. The number of aromatic nitrogens is 1. The van der Waals surface area contributed by atoms with Crippen molar-refractivity contribution in [3.63, 3.8) is 0 Å². The Balaban J connectivity index is 1.67. The molecule has 1 aromatic heterocycles. The van der Waals surface area contributed by atoms with Gasteiger partial charge in [0.15, 0.2) is 0 Å². The molecule has 6 nitrogen and oxygen atoms in total. The van der Waals surface area contributed by atoms with Crippen molar-refractivity contribution in [2.24, 2.45) is 0 Å². The molecule has 0 spiro atoms. The third-order valence-electron chi connectivity index (χ3n) is 3.57. The zero-order valence-electron chi connectivity index (χ0n) is 11.8. The molecule has 1 fully saturated rings. The van der Waals surface area contributed by atoms with Gasteiger partial charge >= 0.3 is 0 Å². The Morgan fingerprint density at radius 2 is 1.91 bits per heavy atom. The van der Waals surface area contributed by atoms with Gasteiger partial charge in [0.05, 0.1) is 11.6 Å². The van der Waals surface area contributed by atoms with Crippen LogP contribution in [0.2, 0.25) is 0 Å². The van der Waals surface area contributed by atoms with Crippen LogP contribution in [0, 0.1) is 0 Å². The lowest BCUT2D eigenvalue weighted by Gasteiger charge is -2.17. The van der Waals surface area contributed by atoms with Crippen LogP contribution in [0.1, 0.15) is 16.8 Å². The standard InChI is InChI=1S/C16H15N3O3/c20-14-7-6-11(9-17-14)16(22)18-12-8-15(21)19(10-12)13-4-2-1-3-5-13/h1-7,9,12H,8,10H2,(H,17,20)(H,18,22)/t12-/m0/s1. The van der Waals surface area contributed by atoms with Crippen LogP contribution in [-0.2, 0) is 4.79 Å². The lowest BCUT2D eigenvalue weighted by Crippen LogP contribution is -2.37. The molecule has 1 atom stereocenters. The van der Waals surface area contributed by atoms with Gasteiger partial charge in [-0.05, 0) is 18.2 Å². The van der Waals surface area contributed by atoms with Crippen LogP contribution in [0.4, 0.5) is 5.69 Å². The van der Waals surface area contributed by atoms with Gasteiger partial charge in [0.25, 0.3) is 5.91 Å². The average molecular weight is 297 g/mol. The van der Waals surface area contributed by atoms with Crippen molar-refractivity contribution >= 4 is 17.5 Å². The SMILES string of the molecule is O=C(N[C@H]1CC(=O)N(c2ccccc2)C1)c1ccc(=O)[nH]c1. The number of nitrogens with one attached hydrogen (secondary N) is 2. The maximum Gasteiger partial charge on any atom is 0.253 e. The monoisotopic (exact) mass is 297 g/mol. The summed E-state index contributed by atoms with van der Waals surface area (Å²) in [4.78, 5) is 39.3. The molecule has 1 saturated heterocycles. The predicted octanol–water partition coefficient (Wildman–Crippen LogP) is 0.910. The summed E-state index contributed by atoms with van der Waals surface area (Å²) in [5.41, 5.74) is 0.932. The molecule has 2 heterocycles. The number of carbonyl (C=O) groups is 2. The summed E-state index contributed by atoms with van der Waals surface area (Å²) in [6, 6.07) is 11.9. The van der Waals surface area contributed by atoms with Crippen LogP contribution in [0.5, 0.6) is 0 Å². The summed E-state index contributed by atoms with van der Waals surface area (Å²) in [7, 11) is 0. The number of nitrogens with zero attached hydrogens (tertiary/aromatic N) is 1. The van der Waals surface area contributed by atoms with Crippen LogP contribution in [0.15, 0.2) is 53.5 Å². The topological polar surface area (TPSA) is 82.3 Å². The molecule has 0 unspecified atom stereocenters. The number of pyridine rings is 1. The number of hydrogen-bond donors (Lipinski definition) is 2. The van der Waals surface area contributed by atoms with Gasteiger partial charge in [0.1, 0.15) is 0 Å². The van der Waals surface area contributed by atoms with Gasteiger partial charge in [0, 0.05) is 30.9 Å². The zero-order chi connectivity index (χ0) is 15.5. The van der Waals surface area contributed by atoms with E-state index in [9.17, 15) is 14.4 Å². The van der Waals surface area contributed by atoms with Gasteiger partial charge in [-0.2, -0.15) is 0 Å². The first-order valence-corrected chi connectivity index (χ1v) is 6.98. The normalized spacial score (nSPS) is 17.5. The molecule has 112 valence electrons. The summed E-state index contributed by atoms with van der Waals surface area (Å²) >= 11 is 0. The lowest BCUT2D eigenvalue weighted by molar-refractivity contribution is -0.117. The Morgan fingerprint density at radius 3 is 2.59 bits per heavy atom. The van der Waals surface area contributed by atoms with Gasteiger partial charge < -0.3 is 15.2 Å². The number of benzene rings is 1. The van der Waals surface area contributed by atoms with Crippen molar-refractivity contribution in [3.8, 4) is 0 Å². The highest BCUT2D eigenvalue weighted by molar-refractivity contribution is 5.98. The number of rotatable bonds is 3. The highest BCUT2D eigenvalue weighted by atomic mass is 16.2. The lowest BCUT2D eigenvalue weighted by atomic mass is 10.2. The minimum atomic E-state index is -0.302. The fourth-order valence-corrected chi connectivity index (χ4v) is 2.48. The first-order chi connectivity index (χ1) is 10.6. The van der Waals surface area contributed by atoms with E-state index in [1.54, 1.807) is 4.90 Å². The van der Waals surface area contributed by atoms with Crippen molar-refractivity contribution in [1.82, 2.24) is 10.3 Å². The average Bonchev–Trinajstić information content (AvgIpc) is 2.89. The molecule has 1 aliphatic heterocycles. The molecular weight excluding hydrogens is 282 g/mol. The van der Waals surface area contributed by atoms with E-state index in [0.717, 1.165) is 5.69 Å². The van der Waals surface area contributed by atoms with E-state index < -0.39 is 0 Å². The molecule has 6 heteroatoms. The van der Waals surface area contributed by atoms with Crippen molar-refractivity contribution in [3.05, 3.63) is 64.6 Å².